The zero-order valence-corrected chi connectivity index (χ0v) is 11.3. The Labute approximate surface area is 110 Å². The highest BCUT2D eigenvalue weighted by Crippen LogP contribution is 2.31. The zero-order chi connectivity index (χ0) is 12.2. The second-order valence-electron chi connectivity index (χ2n) is 5.87. The minimum absolute atomic E-state index is 0.554. The van der Waals surface area contributed by atoms with E-state index >= 15 is 0 Å². The van der Waals surface area contributed by atoms with Crippen LogP contribution in [-0.2, 0) is 0 Å². The third-order valence-electron chi connectivity index (χ3n) is 4.58. The number of nitrogens with zero attached hydrogens (tertiary/aromatic N) is 2. The Kier molecular flexibility index (Phi) is 3.99. The molecular weight excluding hydrogens is 222 g/mol. The van der Waals surface area contributed by atoms with Crippen LogP contribution in [0, 0.1) is 0 Å². The van der Waals surface area contributed by atoms with Crippen LogP contribution in [0.15, 0.2) is 12.5 Å². The molecule has 0 spiro atoms. The normalized spacial score (nSPS) is 27.0. The van der Waals surface area contributed by atoms with Crippen LogP contribution in [0.4, 0.5) is 0 Å². The first-order chi connectivity index (χ1) is 8.95. The van der Waals surface area contributed by atoms with Gasteiger partial charge in [-0.1, -0.05) is 32.1 Å². The Morgan fingerprint density at radius 2 is 1.78 bits per heavy atom. The quantitative estimate of drug-likeness (QED) is 0.865. The second-order valence-corrected chi connectivity index (χ2v) is 5.87. The van der Waals surface area contributed by atoms with Crippen molar-refractivity contribution in [2.75, 3.05) is 6.54 Å². The number of aromatic nitrogens is 2. The van der Waals surface area contributed by atoms with Gasteiger partial charge in [0.05, 0.1) is 12.0 Å². The number of hydrogen-bond donors (Lipinski definition) is 1. The van der Waals surface area contributed by atoms with Crippen LogP contribution in [0.25, 0.3) is 0 Å². The number of rotatable bonds is 2. The maximum absolute atomic E-state index is 4.42. The summed E-state index contributed by atoms with van der Waals surface area (Å²) in [5.74, 6) is 0. The standard InChI is InChI=1S/C15H25N3/c1-2-4-7-13(8-5-3-1)18-12-16-11-15(18)14-9-6-10-17-14/h11-14,17H,1-10H2/t14-/m0/s1. The molecule has 1 saturated carbocycles. The highest BCUT2D eigenvalue weighted by atomic mass is 15.1. The fourth-order valence-electron chi connectivity index (χ4n) is 3.54. The molecule has 3 rings (SSSR count). The Bertz CT molecular complexity index is 358. The summed E-state index contributed by atoms with van der Waals surface area (Å²) in [6.07, 6.45) is 16.5. The van der Waals surface area contributed by atoms with Crippen LogP contribution < -0.4 is 5.32 Å². The van der Waals surface area contributed by atoms with Gasteiger partial charge in [-0.2, -0.15) is 0 Å². The van der Waals surface area contributed by atoms with Crippen molar-refractivity contribution in [2.24, 2.45) is 0 Å². The molecule has 1 atom stereocenters. The average molecular weight is 247 g/mol. The van der Waals surface area contributed by atoms with Crippen molar-refractivity contribution >= 4 is 0 Å². The lowest BCUT2D eigenvalue weighted by Crippen LogP contribution is -2.20. The van der Waals surface area contributed by atoms with Gasteiger partial charge >= 0.3 is 0 Å². The SMILES string of the molecule is c1ncn(C2CCCCCCC2)c1[C@@H]1CCCN1. The minimum atomic E-state index is 0.554. The summed E-state index contributed by atoms with van der Waals surface area (Å²) in [5, 5.41) is 3.61. The Hall–Kier alpha value is -0.830. The molecular formula is C15H25N3. The van der Waals surface area contributed by atoms with Gasteiger partial charge in [-0.15, -0.1) is 0 Å². The van der Waals surface area contributed by atoms with Gasteiger partial charge < -0.3 is 9.88 Å². The summed E-state index contributed by atoms with van der Waals surface area (Å²) < 4.78 is 2.48. The van der Waals surface area contributed by atoms with Gasteiger partial charge in [0, 0.05) is 18.3 Å². The largest absolute Gasteiger partial charge is 0.330 e. The topological polar surface area (TPSA) is 29.9 Å². The predicted molar refractivity (Wildman–Crippen MR) is 73.6 cm³/mol. The molecule has 18 heavy (non-hydrogen) atoms. The fraction of sp³-hybridized carbons (Fsp3) is 0.800. The van der Waals surface area contributed by atoms with Gasteiger partial charge in [-0.05, 0) is 32.2 Å². The Morgan fingerprint density at radius 3 is 2.50 bits per heavy atom. The molecule has 0 aromatic carbocycles. The smallest absolute Gasteiger partial charge is 0.0951 e. The first-order valence-corrected chi connectivity index (χ1v) is 7.70. The second kappa shape index (κ2) is 5.87. The number of nitrogens with one attached hydrogen (secondary N) is 1. The summed E-state index contributed by atoms with van der Waals surface area (Å²) in [4.78, 5) is 4.42. The van der Waals surface area contributed by atoms with Crippen molar-refractivity contribution in [2.45, 2.75) is 69.9 Å². The molecule has 1 aromatic rings. The van der Waals surface area contributed by atoms with Crippen molar-refractivity contribution in [3.8, 4) is 0 Å². The molecule has 0 amide bonds. The molecule has 2 aliphatic rings. The van der Waals surface area contributed by atoms with Crippen molar-refractivity contribution in [1.82, 2.24) is 14.9 Å². The summed E-state index contributed by atoms with van der Waals surface area (Å²) in [7, 11) is 0. The molecule has 1 aromatic heterocycles. The number of hydrogen-bond acceptors (Lipinski definition) is 2. The highest BCUT2D eigenvalue weighted by Gasteiger charge is 2.23. The first kappa shape index (κ1) is 12.2. The Morgan fingerprint density at radius 1 is 1.00 bits per heavy atom. The highest BCUT2D eigenvalue weighted by molar-refractivity contribution is 5.08. The summed E-state index contributed by atoms with van der Waals surface area (Å²) in [6.45, 7) is 1.17. The van der Waals surface area contributed by atoms with Crippen LogP contribution in [0.1, 0.15) is 75.6 Å². The molecule has 3 heteroatoms. The number of imidazole rings is 1. The third kappa shape index (κ3) is 2.61. The molecule has 3 nitrogen and oxygen atoms in total. The predicted octanol–water partition coefficient (Wildman–Crippen LogP) is 3.59. The van der Waals surface area contributed by atoms with Crippen molar-refractivity contribution in [3.63, 3.8) is 0 Å². The first-order valence-electron chi connectivity index (χ1n) is 7.70. The Balaban J connectivity index is 1.75. The minimum Gasteiger partial charge on any atom is -0.330 e. The molecule has 1 aliphatic heterocycles. The van der Waals surface area contributed by atoms with Gasteiger partial charge in [0.15, 0.2) is 0 Å². The maximum atomic E-state index is 4.42. The summed E-state index contributed by atoms with van der Waals surface area (Å²) >= 11 is 0. The van der Waals surface area contributed by atoms with E-state index in [1.54, 1.807) is 0 Å². The average Bonchev–Trinajstić information content (AvgIpc) is 2.98. The van der Waals surface area contributed by atoms with Crippen LogP contribution in [0.3, 0.4) is 0 Å². The lowest BCUT2D eigenvalue weighted by molar-refractivity contribution is 0.358. The molecule has 1 saturated heterocycles. The lowest BCUT2D eigenvalue weighted by Gasteiger charge is -2.25. The van der Waals surface area contributed by atoms with Gasteiger partial charge in [0.2, 0.25) is 0 Å². The van der Waals surface area contributed by atoms with Crippen molar-refractivity contribution < 1.29 is 0 Å². The van der Waals surface area contributed by atoms with Gasteiger partial charge in [0.25, 0.3) is 0 Å². The van der Waals surface area contributed by atoms with Crippen LogP contribution in [0.2, 0.25) is 0 Å². The van der Waals surface area contributed by atoms with E-state index in [1.807, 2.05) is 0 Å². The molecule has 0 radical (unpaired) electrons. The maximum Gasteiger partial charge on any atom is 0.0951 e. The van der Waals surface area contributed by atoms with Crippen LogP contribution >= 0.6 is 0 Å². The lowest BCUT2D eigenvalue weighted by atomic mass is 9.96. The molecule has 1 N–H and O–H groups in total. The van der Waals surface area contributed by atoms with E-state index < -0.39 is 0 Å². The molecule has 1 aliphatic carbocycles. The van der Waals surface area contributed by atoms with Crippen molar-refractivity contribution in [3.05, 3.63) is 18.2 Å². The molecule has 100 valence electrons. The fourth-order valence-corrected chi connectivity index (χ4v) is 3.54. The monoisotopic (exact) mass is 247 g/mol. The van der Waals surface area contributed by atoms with E-state index in [-0.39, 0.29) is 0 Å². The molecule has 0 bridgehead atoms. The van der Waals surface area contributed by atoms with E-state index in [1.165, 1.54) is 70.0 Å². The van der Waals surface area contributed by atoms with Crippen molar-refractivity contribution in [1.29, 1.82) is 0 Å². The molecule has 0 unspecified atom stereocenters. The summed E-state index contributed by atoms with van der Waals surface area (Å²) in [6, 6.07) is 1.25. The van der Waals surface area contributed by atoms with Crippen LogP contribution in [0.5, 0.6) is 0 Å². The van der Waals surface area contributed by atoms with E-state index in [0.717, 1.165) is 0 Å². The zero-order valence-electron chi connectivity index (χ0n) is 11.3. The van der Waals surface area contributed by atoms with E-state index in [9.17, 15) is 0 Å². The van der Waals surface area contributed by atoms with Gasteiger partial charge in [-0.25, -0.2) is 4.98 Å². The summed E-state index contributed by atoms with van der Waals surface area (Å²) in [5.41, 5.74) is 1.43. The van der Waals surface area contributed by atoms with E-state index in [0.29, 0.717) is 12.1 Å². The third-order valence-corrected chi connectivity index (χ3v) is 4.58. The molecule has 2 fully saturated rings. The van der Waals surface area contributed by atoms with E-state index in [4.69, 9.17) is 0 Å². The van der Waals surface area contributed by atoms with Gasteiger partial charge in [0.1, 0.15) is 0 Å². The molecule has 2 heterocycles. The van der Waals surface area contributed by atoms with Crippen LogP contribution in [-0.4, -0.2) is 16.1 Å². The van der Waals surface area contributed by atoms with Gasteiger partial charge in [-0.3, -0.25) is 0 Å². The van der Waals surface area contributed by atoms with E-state index in [2.05, 4.69) is 27.4 Å².